The van der Waals surface area contributed by atoms with E-state index in [9.17, 15) is 0 Å². The van der Waals surface area contributed by atoms with Crippen LogP contribution in [0.1, 0.15) is 51.4 Å². The molecule has 0 amide bonds. The molecular weight excluding hydrogens is 151 g/mol. The first-order valence-corrected chi connectivity index (χ1v) is 6.37. The molecule has 1 unspecified atom stereocenters. The Morgan fingerprint density at radius 2 is 1.18 bits per heavy atom. The molecule has 0 nitrogen and oxygen atoms in total. The van der Waals surface area contributed by atoms with E-state index in [0.29, 0.717) is 0 Å². The molecule has 0 aliphatic heterocycles. The van der Waals surface area contributed by atoms with Crippen LogP contribution >= 0.6 is 8.58 Å². The van der Waals surface area contributed by atoms with E-state index in [1.807, 2.05) is 0 Å². The molecule has 2 fully saturated rings. The van der Waals surface area contributed by atoms with Crippen LogP contribution in [0.3, 0.4) is 0 Å². The predicted molar refractivity (Wildman–Crippen MR) is 52.8 cm³/mol. The fourth-order valence-corrected chi connectivity index (χ4v) is 4.33. The fraction of sp³-hybridized carbons (Fsp3) is 1.00. The minimum atomic E-state index is 1.16. The van der Waals surface area contributed by atoms with E-state index in [2.05, 4.69) is 0 Å². The van der Waals surface area contributed by atoms with Gasteiger partial charge in [-0.1, -0.05) is 25.7 Å². The fourth-order valence-electron chi connectivity index (χ4n) is 2.18. The lowest BCUT2D eigenvalue weighted by molar-refractivity contribution is 0.487. The molecule has 0 heterocycles. The second-order valence-electron chi connectivity index (χ2n) is 4.13. The highest BCUT2D eigenvalue weighted by Crippen LogP contribution is 2.43. The van der Waals surface area contributed by atoms with Gasteiger partial charge in [-0.2, -0.15) is 0 Å². The van der Waals surface area contributed by atoms with E-state index in [1.54, 1.807) is 25.7 Å². The van der Waals surface area contributed by atoms with Crippen molar-refractivity contribution in [2.45, 2.75) is 62.7 Å². The Labute approximate surface area is 71.9 Å². The Hall–Kier alpha value is 0.430. The van der Waals surface area contributed by atoms with Crippen LogP contribution in [0.2, 0.25) is 0 Å². The second-order valence-corrected chi connectivity index (χ2v) is 6.10. The zero-order valence-corrected chi connectivity index (χ0v) is 8.31. The molecule has 0 aromatic rings. The van der Waals surface area contributed by atoms with Crippen molar-refractivity contribution in [2.24, 2.45) is 0 Å². The second kappa shape index (κ2) is 3.90. The van der Waals surface area contributed by atoms with Crippen molar-refractivity contribution in [3.05, 3.63) is 0 Å². The van der Waals surface area contributed by atoms with Gasteiger partial charge in [0, 0.05) is 0 Å². The van der Waals surface area contributed by atoms with Crippen molar-refractivity contribution < 1.29 is 0 Å². The van der Waals surface area contributed by atoms with Crippen molar-refractivity contribution in [2.75, 3.05) is 0 Å². The highest BCUT2D eigenvalue weighted by Gasteiger charge is 2.22. The summed E-state index contributed by atoms with van der Waals surface area (Å²) in [6.07, 6.45) is 12.4. The lowest BCUT2D eigenvalue weighted by atomic mass is 9.99. The van der Waals surface area contributed by atoms with Gasteiger partial charge in [-0.3, -0.25) is 0 Å². The summed E-state index contributed by atoms with van der Waals surface area (Å²) in [5, 5.41) is 0. The van der Waals surface area contributed by atoms with E-state index in [0.717, 1.165) is 5.66 Å². The van der Waals surface area contributed by atoms with E-state index in [-0.39, 0.29) is 0 Å². The van der Waals surface area contributed by atoms with Gasteiger partial charge >= 0.3 is 0 Å². The lowest BCUT2D eigenvalue weighted by Gasteiger charge is -2.31. The summed E-state index contributed by atoms with van der Waals surface area (Å²) in [5.74, 6) is 0. The van der Waals surface area contributed by atoms with Crippen LogP contribution in [0.15, 0.2) is 0 Å². The lowest BCUT2D eigenvalue weighted by Crippen LogP contribution is -2.17. The maximum atomic E-state index is 1.56. The molecular formula is C10H19P. The Morgan fingerprint density at radius 1 is 0.636 bits per heavy atom. The number of hydrogen-bond donors (Lipinski definition) is 0. The van der Waals surface area contributed by atoms with Crippen molar-refractivity contribution in [3.8, 4) is 0 Å². The first kappa shape index (κ1) is 8.05. The summed E-state index contributed by atoms with van der Waals surface area (Å²) >= 11 is 0. The monoisotopic (exact) mass is 170 g/mol. The van der Waals surface area contributed by atoms with Crippen LogP contribution in [0.4, 0.5) is 0 Å². The van der Waals surface area contributed by atoms with Gasteiger partial charge in [0.25, 0.3) is 0 Å². The van der Waals surface area contributed by atoms with Crippen molar-refractivity contribution >= 4 is 8.58 Å². The molecule has 1 atom stereocenters. The molecule has 0 aromatic heterocycles. The summed E-state index contributed by atoms with van der Waals surface area (Å²) in [6.45, 7) is 0. The summed E-state index contributed by atoms with van der Waals surface area (Å²) in [7, 11) is 1.34. The zero-order chi connectivity index (χ0) is 7.52. The van der Waals surface area contributed by atoms with Gasteiger partial charge in [-0.15, -0.1) is 8.58 Å². The predicted octanol–water partition coefficient (Wildman–Crippen LogP) is 3.55. The van der Waals surface area contributed by atoms with E-state index in [1.165, 1.54) is 39.9 Å². The Balaban J connectivity index is 1.67. The number of rotatable bonds is 2. The Bertz CT molecular complexity index is 112. The van der Waals surface area contributed by atoms with Gasteiger partial charge in [0.05, 0.1) is 0 Å². The van der Waals surface area contributed by atoms with Crippen LogP contribution in [-0.2, 0) is 0 Å². The van der Waals surface area contributed by atoms with Crippen molar-refractivity contribution in [3.63, 3.8) is 0 Å². The Morgan fingerprint density at radius 3 is 1.64 bits per heavy atom. The minimum Gasteiger partial charge on any atom is -0.116 e. The maximum absolute atomic E-state index is 1.56. The van der Waals surface area contributed by atoms with Crippen molar-refractivity contribution in [1.29, 1.82) is 0 Å². The summed E-state index contributed by atoms with van der Waals surface area (Å²) in [5.41, 5.74) is 2.34. The molecule has 0 N–H and O–H groups in total. The van der Waals surface area contributed by atoms with Crippen LogP contribution in [0.5, 0.6) is 0 Å². The summed E-state index contributed by atoms with van der Waals surface area (Å²) < 4.78 is 0. The highest BCUT2D eigenvalue weighted by molar-refractivity contribution is 7.39. The van der Waals surface area contributed by atoms with Crippen LogP contribution in [-0.4, -0.2) is 11.3 Å². The quantitative estimate of drug-likeness (QED) is 0.556. The standard InChI is InChI=1S/C10H19P/c1-2-5-9(6-3-1)11-10-7-4-8-10/h9-11H,1-8H2. The molecule has 11 heavy (non-hydrogen) atoms. The molecule has 2 saturated carbocycles. The van der Waals surface area contributed by atoms with Crippen LogP contribution < -0.4 is 0 Å². The third-order valence-corrected chi connectivity index (χ3v) is 5.28. The smallest absolute Gasteiger partial charge is 0.0234 e. The summed E-state index contributed by atoms with van der Waals surface area (Å²) in [6, 6.07) is 0. The van der Waals surface area contributed by atoms with Crippen molar-refractivity contribution in [1.82, 2.24) is 0 Å². The third kappa shape index (κ3) is 2.18. The molecule has 2 aliphatic carbocycles. The van der Waals surface area contributed by atoms with E-state index in [4.69, 9.17) is 0 Å². The molecule has 64 valence electrons. The molecule has 2 rings (SSSR count). The molecule has 0 radical (unpaired) electrons. The van der Waals surface area contributed by atoms with Gasteiger partial charge in [0.1, 0.15) is 0 Å². The molecule has 0 bridgehead atoms. The highest BCUT2D eigenvalue weighted by atomic mass is 31.1. The normalized spacial score (nSPS) is 29.5. The topological polar surface area (TPSA) is 0 Å². The van der Waals surface area contributed by atoms with Gasteiger partial charge < -0.3 is 0 Å². The largest absolute Gasteiger partial charge is 0.116 e. The van der Waals surface area contributed by atoms with Gasteiger partial charge in [0.2, 0.25) is 0 Å². The van der Waals surface area contributed by atoms with E-state index >= 15 is 0 Å². The first-order valence-electron chi connectivity index (χ1n) is 5.21. The van der Waals surface area contributed by atoms with Gasteiger partial charge in [-0.25, -0.2) is 0 Å². The average Bonchev–Trinajstić information content (AvgIpc) is 1.99. The van der Waals surface area contributed by atoms with Crippen LogP contribution in [0, 0.1) is 0 Å². The maximum Gasteiger partial charge on any atom is -0.0234 e. The SMILES string of the molecule is C1CCC(PC2CCC2)CC1. The van der Waals surface area contributed by atoms with Crippen LogP contribution in [0.25, 0.3) is 0 Å². The first-order chi connectivity index (χ1) is 5.45. The third-order valence-electron chi connectivity index (χ3n) is 3.18. The molecule has 0 saturated heterocycles. The van der Waals surface area contributed by atoms with Gasteiger partial charge in [-0.05, 0) is 37.0 Å². The van der Waals surface area contributed by atoms with Gasteiger partial charge in [0.15, 0.2) is 0 Å². The zero-order valence-electron chi connectivity index (χ0n) is 7.31. The number of hydrogen-bond acceptors (Lipinski definition) is 0. The molecule has 2 aliphatic rings. The average molecular weight is 170 g/mol. The summed E-state index contributed by atoms with van der Waals surface area (Å²) in [4.78, 5) is 0. The minimum absolute atomic E-state index is 1.16. The van der Waals surface area contributed by atoms with E-state index < -0.39 is 0 Å². The molecule has 0 aromatic carbocycles. The molecule has 1 heteroatoms. The molecule has 0 spiro atoms. The Kier molecular flexibility index (Phi) is 2.85.